The number of ether oxygens (including phenoxy) is 1. The van der Waals surface area contributed by atoms with E-state index in [1.165, 1.54) is 0 Å². The summed E-state index contributed by atoms with van der Waals surface area (Å²) in [6, 6.07) is 0. The van der Waals surface area contributed by atoms with Crippen LogP contribution in [0.25, 0.3) is 0 Å². The van der Waals surface area contributed by atoms with Crippen molar-refractivity contribution in [3.8, 4) is 5.75 Å². The van der Waals surface area contributed by atoms with Crippen LogP contribution in [0.5, 0.6) is 5.75 Å². The Hall–Kier alpha value is -0.280. The van der Waals surface area contributed by atoms with E-state index in [0.717, 1.165) is 6.20 Å². The van der Waals surface area contributed by atoms with Crippen molar-refractivity contribution in [3.63, 3.8) is 0 Å². The fourth-order valence-electron chi connectivity index (χ4n) is 0.975. The van der Waals surface area contributed by atoms with Gasteiger partial charge in [-0.1, -0.05) is 0 Å². The largest absolute Gasteiger partial charge is 0.573 e. The van der Waals surface area contributed by atoms with Crippen molar-refractivity contribution >= 4 is 34.2 Å². The summed E-state index contributed by atoms with van der Waals surface area (Å²) in [5.41, 5.74) is 0.245. The highest BCUT2D eigenvalue weighted by atomic mass is 127. The van der Waals surface area contributed by atoms with Gasteiger partial charge >= 0.3 is 6.36 Å². The zero-order valence-corrected chi connectivity index (χ0v) is 10.6. The van der Waals surface area contributed by atoms with Gasteiger partial charge in [-0.15, -0.1) is 24.8 Å². The van der Waals surface area contributed by atoms with Crippen LogP contribution in [0.15, 0.2) is 6.20 Å². The van der Waals surface area contributed by atoms with E-state index in [2.05, 4.69) is 9.72 Å². The molecule has 1 aromatic heterocycles. The Labute approximate surface area is 108 Å². The molecule has 0 amide bonds. The van der Waals surface area contributed by atoms with Gasteiger partial charge in [-0.2, -0.15) is 0 Å². The van der Waals surface area contributed by atoms with E-state index in [1.807, 2.05) is 0 Å². The van der Waals surface area contributed by atoms with E-state index in [-0.39, 0.29) is 20.7 Å². The van der Waals surface area contributed by atoms with E-state index in [9.17, 15) is 13.2 Å². The summed E-state index contributed by atoms with van der Waals surface area (Å²) in [5, 5.41) is 8.87. The van der Waals surface area contributed by atoms with Crippen molar-refractivity contribution in [2.24, 2.45) is 0 Å². The normalized spacial score (nSPS) is 11.6. The molecule has 0 saturated carbocycles. The van der Waals surface area contributed by atoms with E-state index < -0.39 is 18.7 Å². The fraction of sp³-hybridized carbons (Fsp3) is 0.375. The molecule has 1 rings (SSSR count). The number of rotatable bonds is 3. The van der Waals surface area contributed by atoms with Crippen molar-refractivity contribution in [2.75, 3.05) is 0 Å². The molecular weight excluding hydrogens is 361 g/mol. The smallest absolute Gasteiger partial charge is 0.404 e. The van der Waals surface area contributed by atoms with E-state index >= 15 is 0 Å². The molecule has 8 heteroatoms. The Bertz CT molecular complexity index is 386. The molecule has 0 aliphatic carbocycles. The Morgan fingerprint density at radius 1 is 1.50 bits per heavy atom. The van der Waals surface area contributed by atoms with Gasteiger partial charge in [0.15, 0.2) is 5.75 Å². The first kappa shape index (κ1) is 13.8. The Balaban J connectivity index is 3.21. The topological polar surface area (TPSA) is 42.4 Å². The molecule has 0 aliphatic heterocycles. The van der Waals surface area contributed by atoms with Gasteiger partial charge in [-0.3, -0.25) is 4.98 Å². The number of aromatic nitrogens is 1. The summed E-state index contributed by atoms with van der Waals surface area (Å²) in [6.45, 7) is -0.463. The Kier molecular flexibility index (Phi) is 4.62. The summed E-state index contributed by atoms with van der Waals surface area (Å²) >= 11 is 7.10. The summed E-state index contributed by atoms with van der Waals surface area (Å²) in [7, 11) is 0. The minimum absolute atomic E-state index is 0.107. The first-order valence-electron chi connectivity index (χ1n) is 3.98. The third kappa shape index (κ3) is 3.36. The number of halogens is 5. The molecule has 3 nitrogen and oxygen atoms in total. The molecular formula is C8H6ClF3INO2. The van der Waals surface area contributed by atoms with Gasteiger partial charge in [0.1, 0.15) is 0 Å². The average molecular weight is 367 g/mol. The number of aliphatic hydroxyl groups excluding tert-OH is 1. The van der Waals surface area contributed by atoms with Gasteiger partial charge in [0.25, 0.3) is 0 Å². The van der Waals surface area contributed by atoms with Crippen molar-refractivity contribution in [3.05, 3.63) is 21.0 Å². The van der Waals surface area contributed by atoms with Crippen LogP contribution < -0.4 is 4.74 Å². The molecule has 0 fully saturated rings. The minimum Gasteiger partial charge on any atom is -0.404 e. The van der Waals surface area contributed by atoms with Crippen LogP contribution in [0.3, 0.4) is 0 Å². The molecule has 0 spiro atoms. The van der Waals surface area contributed by atoms with Crippen molar-refractivity contribution in [1.82, 2.24) is 4.98 Å². The van der Waals surface area contributed by atoms with Crippen molar-refractivity contribution < 1.29 is 23.0 Å². The molecule has 0 aliphatic rings. The highest BCUT2D eigenvalue weighted by Crippen LogP contribution is 2.33. The highest BCUT2D eigenvalue weighted by molar-refractivity contribution is 14.1. The number of alkyl halides is 4. The first-order chi connectivity index (χ1) is 7.39. The third-order valence-electron chi connectivity index (χ3n) is 1.63. The lowest BCUT2D eigenvalue weighted by molar-refractivity contribution is -0.275. The summed E-state index contributed by atoms with van der Waals surface area (Å²) < 4.78 is 40.3. The summed E-state index contributed by atoms with van der Waals surface area (Å²) in [5.74, 6) is -0.553. The molecule has 0 aromatic carbocycles. The van der Waals surface area contributed by atoms with Crippen LogP contribution in [-0.4, -0.2) is 16.5 Å². The van der Waals surface area contributed by atoms with Crippen molar-refractivity contribution in [2.45, 2.75) is 18.8 Å². The van der Waals surface area contributed by atoms with Gasteiger partial charge in [0, 0.05) is 11.8 Å². The second-order valence-corrected chi connectivity index (χ2v) is 4.06. The van der Waals surface area contributed by atoms with Gasteiger partial charge in [-0.25, -0.2) is 0 Å². The predicted molar refractivity (Wildman–Crippen MR) is 59.1 cm³/mol. The lowest BCUT2D eigenvalue weighted by Crippen LogP contribution is -2.19. The molecule has 0 radical (unpaired) electrons. The quantitative estimate of drug-likeness (QED) is 0.660. The zero-order valence-electron chi connectivity index (χ0n) is 7.68. The molecule has 1 heterocycles. The van der Waals surface area contributed by atoms with E-state index in [1.54, 1.807) is 22.6 Å². The standard InChI is InChI=1S/C8H6ClF3INO2/c9-1-4-2-14-5(3-15)6(13)7(4)16-8(10,11)12/h2,15H,1,3H2. The maximum Gasteiger partial charge on any atom is 0.573 e. The molecule has 90 valence electrons. The Morgan fingerprint density at radius 3 is 2.56 bits per heavy atom. The maximum absolute atomic E-state index is 12.1. The van der Waals surface area contributed by atoms with Crippen molar-refractivity contribution in [1.29, 1.82) is 0 Å². The van der Waals surface area contributed by atoms with E-state index in [0.29, 0.717) is 0 Å². The third-order valence-corrected chi connectivity index (χ3v) is 3.03. The van der Waals surface area contributed by atoms with Gasteiger partial charge in [0.2, 0.25) is 0 Å². The van der Waals surface area contributed by atoms with Crippen LogP contribution in [0.1, 0.15) is 11.3 Å². The number of nitrogens with zero attached hydrogens (tertiary/aromatic N) is 1. The number of hydrogen-bond donors (Lipinski definition) is 1. The minimum atomic E-state index is -4.80. The number of aliphatic hydroxyl groups is 1. The first-order valence-corrected chi connectivity index (χ1v) is 5.59. The van der Waals surface area contributed by atoms with Gasteiger partial charge < -0.3 is 9.84 Å². The molecule has 1 aromatic rings. The SMILES string of the molecule is OCc1ncc(CCl)c(OC(F)(F)F)c1I. The number of pyridine rings is 1. The molecule has 0 saturated heterocycles. The Morgan fingerprint density at radius 2 is 2.12 bits per heavy atom. The predicted octanol–water partition coefficient (Wildman–Crippen LogP) is 2.82. The van der Waals surface area contributed by atoms with Gasteiger partial charge in [0.05, 0.1) is 21.8 Å². The van der Waals surface area contributed by atoms with Crippen LogP contribution in [0.4, 0.5) is 13.2 Å². The highest BCUT2D eigenvalue weighted by Gasteiger charge is 2.33. The number of hydrogen-bond acceptors (Lipinski definition) is 3. The maximum atomic E-state index is 12.1. The molecule has 1 N–H and O–H groups in total. The molecule has 0 bridgehead atoms. The van der Waals surface area contributed by atoms with Crippen LogP contribution in [0.2, 0.25) is 0 Å². The average Bonchev–Trinajstić information content (AvgIpc) is 2.19. The lowest BCUT2D eigenvalue weighted by atomic mass is 10.2. The van der Waals surface area contributed by atoms with Crippen LogP contribution in [0, 0.1) is 3.57 Å². The second kappa shape index (κ2) is 5.37. The van der Waals surface area contributed by atoms with Crippen LogP contribution >= 0.6 is 34.2 Å². The van der Waals surface area contributed by atoms with Gasteiger partial charge in [-0.05, 0) is 22.6 Å². The van der Waals surface area contributed by atoms with Crippen LogP contribution in [-0.2, 0) is 12.5 Å². The molecule has 16 heavy (non-hydrogen) atoms. The molecule has 0 atom stereocenters. The lowest BCUT2D eigenvalue weighted by Gasteiger charge is -2.14. The second-order valence-electron chi connectivity index (χ2n) is 2.71. The summed E-state index contributed by atoms with van der Waals surface area (Å²) in [4.78, 5) is 3.77. The zero-order chi connectivity index (χ0) is 12.3. The summed E-state index contributed by atoms with van der Waals surface area (Å²) in [6.07, 6.45) is -3.64. The monoisotopic (exact) mass is 367 g/mol. The van der Waals surface area contributed by atoms with E-state index in [4.69, 9.17) is 16.7 Å². The fourth-order valence-corrected chi connectivity index (χ4v) is 1.93. The molecule has 0 unspecified atom stereocenters.